The summed E-state index contributed by atoms with van der Waals surface area (Å²) in [5, 5.41) is 4.20. The number of carbonyl (C=O) groups is 1. The van der Waals surface area contributed by atoms with Gasteiger partial charge in [-0.05, 0) is 61.6 Å². The van der Waals surface area contributed by atoms with E-state index in [9.17, 15) is 4.79 Å². The first-order valence-corrected chi connectivity index (χ1v) is 10.2. The normalized spacial score (nSPS) is 11.8. The van der Waals surface area contributed by atoms with E-state index >= 15 is 0 Å². The van der Waals surface area contributed by atoms with E-state index in [-0.39, 0.29) is 0 Å². The van der Waals surface area contributed by atoms with Gasteiger partial charge < -0.3 is 19.0 Å². The minimum absolute atomic E-state index is 0.292. The van der Waals surface area contributed by atoms with E-state index in [1.165, 1.54) is 20.5 Å². The highest BCUT2D eigenvalue weighted by Crippen LogP contribution is 2.27. The van der Waals surface area contributed by atoms with Gasteiger partial charge in [-0.25, -0.2) is 4.79 Å². The topological polar surface area (TPSA) is 66.3 Å². The van der Waals surface area contributed by atoms with Gasteiger partial charge in [-0.15, -0.1) is 0 Å². The lowest BCUT2D eigenvalue weighted by atomic mass is 10.0. The van der Waals surface area contributed by atoms with Crippen LogP contribution in [-0.2, 0) is 25.7 Å². The first-order chi connectivity index (χ1) is 14.9. The van der Waals surface area contributed by atoms with Crippen LogP contribution in [0.5, 0.6) is 5.75 Å². The maximum atomic E-state index is 12.2. The molecule has 2 aromatic carbocycles. The number of nitrogens with zero attached hydrogens (tertiary/aromatic N) is 1. The number of methoxy groups -OCH3 is 2. The molecule has 31 heavy (non-hydrogen) atoms. The lowest BCUT2D eigenvalue weighted by molar-refractivity contribution is -0.133. The van der Waals surface area contributed by atoms with E-state index < -0.39 is 5.97 Å². The Balaban J connectivity index is 2.26. The molecular formula is C25H31NO5. The van der Waals surface area contributed by atoms with Crippen LogP contribution in [0.25, 0.3) is 5.57 Å². The van der Waals surface area contributed by atoms with Gasteiger partial charge in [0.2, 0.25) is 0 Å². The zero-order chi connectivity index (χ0) is 22.8. The molecule has 0 aromatic heterocycles. The van der Waals surface area contributed by atoms with Crippen LogP contribution >= 0.6 is 0 Å². The van der Waals surface area contributed by atoms with Crippen molar-refractivity contribution in [3.63, 3.8) is 0 Å². The quantitative estimate of drug-likeness (QED) is 0.131. The fraction of sp³-hybridized carbons (Fsp3) is 0.360. The van der Waals surface area contributed by atoms with Crippen LogP contribution in [0.2, 0.25) is 0 Å². The van der Waals surface area contributed by atoms with Gasteiger partial charge in [0.1, 0.15) is 24.5 Å². The summed E-state index contributed by atoms with van der Waals surface area (Å²) >= 11 is 0. The molecule has 0 aliphatic rings. The van der Waals surface area contributed by atoms with Crippen LogP contribution in [0.1, 0.15) is 48.1 Å². The van der Waals surface area contributed by atoms with Crippen LogP contribution in [-0.4, -0.2) is 32.5 Å². The van der Waals surface area contributed by atoms with Crippen LogP contribution in [0.4, 0.5) is 0 Å². The Morgan fingerprint density at radius 2 is 1.81 bits per heavy atom. The zero-order valence-electron chi connectivity index (χ0n) is 19.2. The summed E-state index contributed by atoms with van der Waals surface area (Å²) in [6.45, 7) is 8.89. The van der Waals surface area contributed by atoms with E-state index in [1.54, 1.807) is 0 Å². The molecule has 0 N–H and O–H groups in total. The molecule has 0 aliphatic heterocycles. The SMILES string of the molecule is CCCO/N=C(\C)c1cc(C)c(OCc2ccccc2/C(=C\OC)C(=O)OC)cc1C. The molecule has 0 atom stereocenters. The van der Waals surface area contributed by atoms with Gasteiger partial charge in [-0.2, -0.15) is 0 Å². The average Bonchev–Trinajstić information content (AvgIpc) is 2.77. The number of rotatable bonds is 10. The monoisotopic (exact) mass is 425 g/mol. The lowest BCUT2D eigenvalue weighted by Gasteiger charge is -2.16. The summed E-state index contributed by atoms with van der Waals surface area (Å²) in [5.74, 6) is 0.305. The highest BCUT2D eigenvalue weighted by atomic mass is 16.6. The number of hydrogen-bond donors (Lipinski definition) is 0. The molecule has 0 radical (unpaired) electrons. The number of aryl methyl sites for hydroxylation is 2. The molecule has 0 heterocycles. The maximum absolute atomic E-state index is 12.2. The maximum Gasteiger partial charge on any atom is 0.341 e. The molecule has 2 aromatic rings. The number of carbonyl (C=O) groups excluding carboxylic acids is 1. The second kappa shape index (κ2) is 11.8. The molecule has 6 nitrogen and oxygen atoms in total. The van der Waals surface area contributed by atoms with Crippen molar-refractivity contribution in [3.8, 4) is 5.75 Å². The molecule has 0 amide bonds. The highest BCUT2D eigenvalue weighted by molar-refractivity contribution is 6.16. The third-order valence-electron chi connectivity index (χ3n) is 4.74. The van der Waals surface area contributed by atoms with E-state index in [2.05, 4.69) is 11.2 Å². The van der Waals surface area contributed by atoms with Gasteiger partial charge in [0, 0.05) is 5.56 Å². The first kappa shape index (κ1) is 24.0. The summed E-state index contributed by atoms with van der Waals surface area (Å²) in [4.78, 5) is 17.5. The van der Waals surface area contributed by atoms with Crippen LogP contribution < -0.4 is 4.74 Å². The first-order valence-electron chi connectivity index (χ1n) is 10.2. The highest BCUT2D eigenvalue weighted by Gasteiger charge is 2.17. The molecule has 0 unspecified atom stereocenters. The molecular weight excluding hydrogens is 394 g/mol. The van der Waals surface area contributed by atoms with Crippen molar-refractivity contribution in [3.05, 3.63) is 70.5 Å². The lowest BCUT2D eigenvalue weighted by Crippen LogP contribution is -2.09. The molecule has 0 bridgehead atoms. The van der Waals surface area contributed by atoms with E-state index in [0.717, 1.165) is 40.1 Å². The summed E-state index contributed by atoms with van der Waals surface area (Å²) in [7, 11) is 2.84. The Morgan fingerprint density at radius 1 is 1.06 bits per heavy atom. The van der Waals surface area contributed by atoms with E-state index in [1.807, 2.05) is 58.0 Å². The van der Waals surface area contributed by atoms with E-state index in [4.69, 9.17) is 19.0 Å². The fourth-order valence-corrected chi connectivity index (χ4v) is 3.13. The Bertz CT molecular complexity index is 962. The van der Waals surface area contributed by atoms with Crippen LogP contribution in [0.3, 0.4) is 0 Å². The molecule has 166 valence electrons. The van der Waals surface area contributed by atoms with Crippen LogP contribution in [0, 0.1) is 13.8 Å². The summed E-state index contributed by atoms with van der Waals surface area (Å²) in [6.07, 6.45) is 2.30. The van der Waals surface area contributed by atoms with Gasteiger partial charge in [0.25, 0.3) is 0 Å². The second-order valence-electron chi connectivity index (χ2n) is 7.15. The van der Waals surface area contributed by atoms with Gasteiger partial charge in [0.05, 0.1) is 26.2 Å². The van der Waals surface area contributed by atoms with Crippen molar-refractivity contribution < 1.29 is 23.8 Å². The standard InChI is InChI=1S/C25H31NO5/c1-7-12-31-26-19(4)22-13-18(3)24(14-17(22)2)30-15-20-10-8-9-11-21(20)23(16-28-5)25(27)29-6/h8-11,13-14,16H,7,12,15H2,1-6H3/b23-16+,26-19+. The summed E-state index contributed by atoms with van der Waals surface area (Å²) < 4.78 is 16.1. The molecule has 0 fully saturated rings. The second-order valence-corrected chi connectivity index (χ2v) is 7.15. The zero-order valence-corrected chi connectivity index (χ0v) is 19.2. The molecule has 2 rings (SSSR count). The predicted molar refractivity (Wildman–Crippen MR) is 122 cm³/mol. The van der Waals surface area contributed by atoms with Crippen molar-refractivity contribution in [1.82, 2.24) is 0 Å². The Labute approximate surface area is 184 Å². The van der Waals surface area contributed by atoms with Crippen molar-refractivity contribution in [2.75, 3.05) is 20.8 Å². The smallest absolute Gasteiger partial charge is 0.341 e. The van der Waals surface area contributed by atoms with Crippen molar-refractivity contribution >= 4 is 17.3 Å². The van der Waals surface area contributed by atoms with Crippen molar-refractivity contribution in [2.24, 2.45) is 5.16 Å². The number of ether oxygens (including phenoxy) is 3. The molecule has 0 saturated carbocycles. The van der Waals surface area contributed by atoms with E-state index in [0.29, 0.717) is 24.4 Å². The molecule has 6 heteroatoms. The third kappa shape index (κ3) is 6.35. The summed E-state index contributed by atoms with van der Waals surface area (Å²) in [5.41, 5.74) is 5.79. The Kier molecular flexibility index (Phi) is 9.13. The van der Waals surface area contributed by atoms with Crippen LogP contribution in [0.15, 0.2) is 47.8 Å². The van der Waals surface area contributed by atoms with Crippen molar-refractivity contribution in [1.29, 1.82) is 0 Å². The predicted octanol–water partition coefficient (Wildman–Crippen LogP) is 5.19. The molecule has 0 aliphatic carbocycles. The van der Waals surface area contributed by atoms with Gasteiger partial charge in [-0.1, -0.05) is 36.3 Å². The summed E-state index contributed by atoms with van der Waals surface area (Å²) in [6, 6.07) is 11.6. The van der Waals surface area contributed by atoms with Gasteiger partial charge in [-0.3, -0.25) is 0 Å². The van der Waals surface area contributed by atoms with Crippen molar-refractivity contribution in [2.45, 2.75) is 40.7 Å². The number of oxime groups is 1. The Morgan fingerprint density at radius 3 is 2.48 bits per heavy atom. The van der Waals surface area contributed by atoms with Gasteiger partial charge >= 0.3 is 5.97 Å². The number of benzene rings is 2. The molecule has 0 saturated heterocycles. The van der Waals surface area contributed by atoms with Gasteiger partial charge in [0.15, 0.2) is 0 Å². The number of hydrogen-bond acceptors (Lipinski definition) is 6. The molecule has 0 spiro atoms. The number of esters is 1. The average molecular weight is 426 g/mol. The largest absolute Gasteiger partial charge is 0.503 e. The Hall–Kier alpha value is -3.28. The fourth-order valence-electron chi connectivity index (χ4n) is 3.13. The minimum atomic E-state index is -0.467. The minimum Gasteiger partial charge on any atom is -0.503 e. The third-order valence-corrected chi connectivity index (χ3v) is 4.74.